The number of thiophene rings is 1. The van der Waals surface area contributed by atoms with Crippen molar-refractivity contribution in [1.29, 1.82) is 0 Å². The minimum absolute atomic E-state index is 0.128. The van der Waals surface area contributed by atoms with E-state index in [1.54, 1.807) is 18.3 Å². The van der Waals surface area contributed by atoms with Gasteiger partial charge in [-0.2, -0.15) is 4.98 Å². The predicted molar refractivity (Wildman–Crippen MR) is 141 cm³/mol. The van der Waals surface area contributed by atoms with E-state index in [4.69, 9.17) is 9.97 Å². The van der Waals surface area contributed by atoms with Gasteiger partial charge in [-0.1, -0.05) is 6.07 Å². The van der Waals surface area contributed by atoms with E-state index in [0.717, 1.165) is 66.4 Å². The first-order valence-electron chi connectivity index (χ1n) is 12.1. The highest BCUT2D eigenvalue weighted by Crippen LogP contribution is 2.37. The summed E-state index contributed by atoms with van der Waals surface area (Å²) in [5.41, 5.74) is 5.14. The molecule has 0 aliphatic carbocycles. The molecule has 1 saturated heterocycles. The number of piperazine rings is 1. The molecular weight excluding hydrogens is 458 g/mol. The number of carbonyl (C=O) groups is 1. The minimum Gasteiger partial charge on any atom is -0.369 e. The molecule has 35 heavy (non-hydrogen) atoms. The van der Waals surface area contributed by atoms with E-state index in [2.05, 4.69) is 57.5 Å². The van der Waals surface area contributed by atoms with E-state index in [9.17, 15) is 4.79 Å². The largest absolute Gasteiger partial charge is 0.369 e. The molecule has 0 radical (unpaired) electrons. The predicted octanol–water partition coefficient (Wildman–Crippen LogP) is 4.09. The zero-order valence-electron chi connectivity index (χ0n) is 20.0. The number of nitrogens with zero attached hydrogens (tertiary/aromatic N) is 5. The van der Waals surface area contributed by atoms with Crippen LogP contribution in [0.3, 0.4) is 0 Å². The number of rotatable bonds is 4. The van der Waals surface area contributed by atoms with Crippen LogP contribution in [0.2, 0.25) is 0 Å². The fourth-order valence-corrected chi connectivity index (χ4v) is 6.04. The number of aromatic nitrogens is 3. The average molecular weight is 488 g/mol. The van der Waals surface area contributed by atoms with Crippen molar-refractivity contribution in [3.05, 3.63) is 53.0 Å². The molecule has 0 saturated carbocycles. The van der Waals surface area contributed by atoms with E-state index < -0.39 is 0 Å². The smallest absolute Gasteiger partial charge is 0.229 e. The summed E-state index contributed by atoms with van der Waals surface area (Å²) < 4.78 is 0. The van der Waals surface area contributed by atoms with Crippen LogP contribution in [0.5, 0.6) is 0 Å². The van der Waals surface area contributed by atoms with Crippen LogP contribution in [0.4, 0.5) is 17.3 Å². The van der Waals surface area contributed by atoms with Gasteiger partial charge in [-0.15, -0.1) is 11.3 Å². The summed E-state index contributed by atoms with van der Waals surface area (Å²) in [6.45, 7) is 7.29. The van der Waals surface area contributed by atoms with Crippen LogP contribution in [0.1, 0.15) is 17.4 Å². The Kier molecular flexibility index (Phi) is 5.66. The Labute approximate surface area is 208 Å². The van der Waals surface area contributed by atoms with Crippen molar-refractivity contribution in [2.24, 2.45) is 0 Å². The van der Waals surface area contributed by atoms with Crippen LogP contribution in [0.25, 0.3) is 21.6 Å². The third kappa shape index (κ3) is 4.37. The maximum atomic E-state index is 11.9. The van der Waals surface area contributed by atoms with E-state index in [0.29, 0.717) is 12.5 Å². The van der Waals surface area contributed by atoms with Gasteiger partial charge in [0.15, 0.2) is 0 Å². The van der Waals surface area contributed by atoms with Crippen molar-refractivity contribution in [1.82, 2.24) is 24.8 Å². The molecule has 0 unspecified atom stereocenters. The monoisotopic (exact) mass is 487 g/mol. The van der Waals surface area contributed by atoms with Crippen LogP contribution in [0.15, 0.2) is 42.6 Å². The summed E-state index contributed by atoms with van der Waals surface area (Å²) in [5.74, 6) is 0.700. The average Bonchev–Trinajstić information content (AvgIpc) is 3.50. The Morgan fingerprint density at radius 1 is 1.09 bits per heavy atom. The number of H-pyrrole nitrogens is 1. The lowest BCUT2D eigenvalue weighted by molar-refractivity contribution is -0.129. The van der Waals surface area contributed by atoms with Gasteiger partial charge < -0.3 is 25.0 Å². The number of anilines is 3. The fraction of sp³-hybridized carbons (Fsp3) is 0.346. The van der Waals surface area contributed by atoms with Gasteiger partial charge in [0.2, 0.25) is 11.9 Å². The Hall–Kier alpha value is -3.43. The molecule has 1 fully saturated rings. The van der Waals surface area contributed by atoms with E-state index in [1.165, 1.54) is 16.1 Å². The molecule has 9 heteroatoms. The second kappa shape index (κ2) is 8.98. The summed E-state index contributed by atoms with van der Waals surface area (Å²) in [6.07, 6.45) is 2.80. The second-order valence-electron chi connectivity index (χ2n) is 9.35. The molecule has 180 valence electrons. The number of hydrogen-bond donors (Lipinski definition) is 2. The molecule has 1 aromatic carbocycles. The van der Waals surface area contributed by atoms with Crippen molar-refractivity contribution in [2.75, 3.05) is 50.0 Å². The lowest BCUT2D eigenvalue weighted by Gasteiger charge is -2.34. The summed E-state index contributed by atoms with van der Waals surface area (Å²) >= 11 is 1.78. The first-order chi connectivity index (χ1) is 17.0. The Morgan fingerprint density at radius 3 is 2.77 bits per heavy atom. The van der Waals surface area contributed by atoms with Gasteiger partial charge in [0, 0.05) is 74.0 Å². The molecule has 8 nitrogen and oxygen atoms in total. The number of fused-ring (bicyclic) bond motifs is 2. The molecule has 1 amide bonds. The topological polar surface area (TPSA) is 80.4 Å². The number of nitrogens with one attached hydrogen (secondary N) is 2. The maximum absolute atomic E-state index is 11.9. The summed E-state index contributed by atoms with van der Waals surface area (Å²) in [4.78, 5) is 34.0. The molecule has 4 aromatic rings. The van der Waals surface area contributed by atoms with Crippen molar-refractivity contribution >= 4 is 45.6 Å². The quantitative estimate of drug-likeness (QED) is 0.451. The highest BCUT2D eigenvalue weighted by molar-refractivity contribution is 7.15. The summed E-state index contributed by atoms with van der Waals surface area (Å²) in [6, 6.07) is 12.7. The van der Waals surface area contributed by atoms with Gasteiger partial charge in [-0.05, 0) is 49.4 Å². The normalized spacial score (nSPS) is 16.5. The molecule has 0 atom stereocenters. The van der Waals surface area contributed by atoms with Crippen molar-refractivity contribution in [2.45, 2.75) is 19.9 Å². The highest BCUT2D eigenvalue weighted by Gasteiger charge is 2.23. The number of aromatic amines is 1. The Balaban J connectivity index is 1.30. The van der Waals surface area contributed by atoms with E-state index >= 15 is 0 Å². The minimum atomic E-state index is 0.128. The van der Waals surface area contributed by atoms with Crippen LogP contribution in [-0.2, 0) is 17.8 Å². The standard InChI is InChI=1S/C26H29N7OS/c1-17(34)33-9-7-22-18(16-33)14-23(35-22)24-21-6-8-27-25(21)30-26(29-24)28-19-4-3-5-20(15-19)32-12-10-31(2)11-13-32/h3-6,8,14-15H,7,9-13,16H2,1-2H3,(H2,27,28,29,30). The first kappa shape index (κ1) is 22.1. The maximum Gasteiger partial charge on any atom is 0.229 e. The lowest BCUT2D eigenvalue weighted by atomic mass is 10.1. The Morgan fingerprint density at radius 2 is 1.94 bits per heavy atom. The van der Waals surface area contributed by atoms with Crippen molar-refractivity contribution < 1.29 is 4.79 Å². The molecule has 0 spiro atoms. The van der Waals surface area contributed by atoms with Gasteiger partial charge >= 0.3 is 0 Å². The molecule has 2 aliphatic rings. The molecule has 3 aromatic heterocycles. The van der Waals surface area contributed by atoms with Gasteiger partial charge in [0.25, 0.3) is 0 Å². The SMILES string of the molecule is CC(=O)N1CCc2sc(-c3nc(Nc4cccc(N5CCN(C)CC5)c4)nc4[nH]ccc34)cc2C1. The number of hydrogen-bond acceptors (Lipinski definition) is 7. The van der Waals surface area contributed by atoms with Crippen LogP contribution in [-0.4, -0.2) is 70.4 Å². The summed E-state index contributed by atoms with van der Waals surface area (Å²) in [7, 11) is 2.17. The van der Waals surface area contributed by atoms with Gasteiger partial charge in [-0.25, -0.2) is 4.98 Å². The zero-order valence-corrected chi connectivity index (χ0v) is 20.9. The van der Waals surface area contributed by atoms with Crippen molar-refractivity contribution in [3.8, 4) is 10.6 Å². The van der Waals surface area contributed by atoms with Gasteiger partial charge in [0.05, 0.1) is 10.6 Å². The first-order valence-corrected chi connectivity index (χ1v) is 12.9. The fourth-order valence-electron chi connectivity index (χ4n) is 4.88. The molecule has 0 bridgehead atoms. The third-order valence-corrected chi connectivity index (χ3v) is 8.18. The highest BCUT2D eigenvalue weighted by atomic mass is 32.1. The molecular formula is C26H29N7OS. The van der Waals surface area contributed by atoms with Crippen LogP contribution >= 0.6 is 11.3 Å². The molecule has 2 aliphatic heterocycles. The van der Waals surface area contributed by atoms with Crippen LogP contribution < -0.4 is 10.2 Å². The van der Waals surface area contributed by atoms with Crippen LogP contribution in [0, 0.1) is 0 Å². The lowest BCUT2D eigenvalue weighted by Crippen LogP contribution is -2.44. The van der Waals surface area contributed by atoms with E-state index in [1.807, 2.05) is 17.2 Å². The Bertz CT molecular complexity index is 1390. The number of benzene rings is 1. The molecule has 5 heterocycles. The van der Waals surface area contributed by atoms with E-state index in [-0.39, 0.29) is 5.91 Å². The number of likely N-dealkylation sites (N-methyl/N-ethyl adjacent to an activating group) is 1. The summed E-state index contributed by atoms with van der Waals surface area (Å²) in [5, 5.41) is 4.44. The number of carbonyl (C=O) groups excluding carboxylic acids is 1. The third-order valence-electron chi connectivity index (χ3n) is 6.93. The van der Waals surface area contributed by atoms with Gasteiger partial charge in [-0.3, -0.25) is 4.79 Å². The molecule has 2 N–H and O–H groups in total. The van der Waals surface area contributed by atoms with Gasteiger partial charge in [0.1, 0.15) is 5.65 Å². The molecule has 6 rings (SSSR count). The zero-order chi connectivity index (χ0) is 23.9. The number of amides is 1. The second-order valence-corrected chi connectivity index (χ2v) is 10.5. The van der Waals surface area contributed by atoms with Crippen molar-refractivity contribution in [3.63, 3.8) is 0 Å².